The van der Waals surface area contributed by atoms with E-state index < -0.39 is 9.93 Å². The Kier molecular flexibility index (Phi) is 3.18. The summed E-state index contributed by atoms with van der Waals surface area (Å²) in [7, 11) is 0. The first-order valence-electron chi connectivity index (χ1n) is 6.39. The highest BCUT2D eigenvalue weighted by atomic mass is 79.9. The maximum atomic E-state index is 13.1. The smallest absolute Gasteiger partial charge is 0.130 e. The van der Waals surface area contributed by atoms with E-state index in [1.54, 1.807) is 24.3 Å². The Balaban J connectivity index is 2.14. The van der Waals surface area contributed by atoms with Gasteiger partial charge in [0.15, 0.2) is 0 Å². The summed E-state index contributed by atoms with van der Waals surface area (Å²) in [5.74, 6) is -0.704. The third-order valence-electron chi connectivity index (χ3n) is 3.86. The van der Waals surface area contributed by atoms with E-state index in [1.165, 1.54) is 24.3 Å². The molecule has 1 N–H and O–H groups in total. The lowest BCUT2D eigenvalue weighted by Gasteiger charge is -2.34. The predicted molar refractivity (Wildman–Crippen MR) is 76.7 cm³/mol. The second-order valence-corrected chi connectivity index (χ2v) is 6.71. The van der Waals surface area contributed by atoms with Gasteiger partial charge in [-0.1, -0.05) is 40.2 Å². The monoisotopic (exact) mass is 338 g/mol. The molecule has 1 aliphatic carbocycles. The lowest BCUT2D eigenvalue weighted by atomic mass is 9.82. The summed E-state index contributed by atoms with van der Waals surface area (Å²) in [6.07, 6.45) is 1.61. The minimum Gasteiger partial charge on any atom is -0.379 e. The summed E-state index contributed by atoms with van der Waals surface area (Å²) in [6, 6.07) is 11.6. The van der Waals surface area contributed by atoms with Crippen molar-refractivity contribution in [3.63, 3.8) is 0 Å². The number of aliphatic hydroxyl groups is 1. The average molecular weight is 339 g/mol. The third-order valence-corrected chi connectivity index (χ3v) is 5.23. The summed E-state index contributed by atoms with van der Waals surface area (Å²) in [5.41, 5.74) is -0.103. The molecule has 1 fully saturated rings. The van der Waals surface area contributed by atoms with Gasteiger partial charge < -0.3 is 5.11 Å². The zero-order valence-electron chi connectivity index (χ0n) is 10.6. The van der Waals surface area contributed by atoms with Gasteiger partial charge in [0, 0.05) is 0 Å². The van der Waals surface area contributed by atoms with Crippen LogP contribution in [-0.2, 0) is 5.60 Å². The van der Waals surface area contributed by atoms with E-state index in [-0.39, 0.29) is 11.6 Å². The molecule has 0 aromatic heterocycles. The van der Waals surface area contributed by atoms with Gasteiger partial charge in [-0.15, -0.1) is 0 Å². The van der Waals surface area contributed by atoms with Gasteiger partial charge in [0.1, 0.15) is 17.2 Å². The molecule has 0 saturated heterocycles. The number of alkyl halides is 1. The van der Waals surface area contributed by atoms with Crippen LogP contribution in [0.2, 0.25) is 0 Å². The van der Waals surface area contributed by atoms with Crippen LogP contribution in [0.15, 0.2) is 48.5 Å². The first kappa shape index (κ1) is 13.7. The fourth-order valence-electron chi connectivity index (χ4n) is 2.54. The van der Waals surface area contributed by atoms with Gasteiger partial charge in [0.05, 0.1) is 4.32 Å². The molecule has 3 rings (SSSR count). The van der Waals surface area contributed by atoms with Crippen LogP contribution in [0.1, 0.15) is 24.0 Å². The molecule has 0 radical (unpaired) electrons. The lowest BCUT2D eigenvalue weighted by Crippen LogP contribution is -2.38. The summed E-state index contributed by atoms with van der Waals surface area (Å²) in [4.78, 5) is 0. The van der Waals surface area contributed by atoms with Crippen LogP contribution >= 0.6 is 15.9 Å². The highest BCUT2D eigenvalue weighted by Crippen LogP contribution is 2.59. The minimum absolute atomic E-state index is 0.352. The van der Waals surface area contributed by atoms with Crippen molar-refractivity contribution in [3.8, 4) is 0 Å². The van der Waals surface area contributed by atoms with E-state index >= 15 is 0 Å². The fraction of sp³-hybridized carbons (Fsp3) is 0.250. The third kappa shape index (κ3) is 2.07. The van der Waals surface area contributed by atoms with Gasteiger partial charge in [0.2, 0.25) is 0 Å². The van der Waals surface area contributed by atoms with E-state index in [0.717, 1.165) is 12.8 Å². The Hall–Kier alpha value is -1.26. The van der Waals surface area contributed by atoms with E-state index in [4.69, 9.17) is 0 Å². The predicted octanol–water partition coefficient (Wildman–Crippen LogP) is 4.13. The number of benzene rings is 2. The SMILES string of the molecule is OC(c1ccc(F)cc1)(c1ccc(F)cc1)C1(Br)CC1. The fourth-order valence-corrected chi connectivity index (χ4v) is 3.19. The van der Waals surface area contributed by atoms with Crippen molar-refractivity contribution in [2.75, 3.05) is 0 Å². The van der Waals surface area contributed by atoms with Crippen molar-refractivity contribution >= 4 is 15.9 Å². The number of hydrogen-bond acceptors (Lipinski definition) is 1. The van der Waals surface area contributed by atoms with Crippen LogP contribution in [0.5, 0.6) is 0 Å². The van der Waals surface area contributed by atoms with Crippen molar-refractivity contribution in [1.82, 2.24) is 0 Å². The molecule has 1 nitrogen and oxygen atoms in total. The highest BCUT2D eigenvalue weighted by molar-refractivity contribution is 9.10. The molecule has 0 atom stereocenters. The quantitative estimate of drug-likeness (QED) is 0.834. The molecule has 2 aromatic carbocycles. The molecule has 0 unspecified atom stereocenters. The molecule has 0 bridgehead atoms. The summed E-state index contributed by atoms with van der Waals surface area (Å²) >= 11 is 3.59. The van der Waals surface area contributed by atoms with Crippen LogP contribution in [0.3, 0.4) is 0 Å². The molecular formula is C16H13BrF2O. The first-order valence-corrected chi connectivity index (χ1v) is 7.18. The Morgan fingerprint density at radius 1 is 0.850 bits per heavy atom. The molecule has 1 saturated carbocycles. The topological polar surface area (TPSA) is 20.2 Å². The Labute approximate surface area is 124 Å². The number of rotatable bonds is 3. The van der Waals surface area contributed by atoms with Crippen molar-refractivity contribution in [3.05, 3.63) is 71.3 Å². The largest absolute Gasteiger partial charge is 0.379 e. The number of halogens is 3. The van der Waals surface area contributed by atoms with Crippen LogP contribution in [0, 0.1) is 11.6 Å². The van der Waals surface area contributed by atoms with Gasteiger partial charge in [-0.2, -0.15) is 0 Å². The Morgan fingerprint density at radius 3 is 1.50 bits per heavy atom. The molecule has 0 aliphatic heterocycles. The average Bonchev–Trinajstić information content (AvgIpc) is 3.19. The van der Waals surface area contributed by atoms with Gasteiger partial charge in [-0.3, -0.25) is 0 Å². The molecule has 1 aliphatic rings. The van der Waals surface area contributed by atoms with Crippen LogP contribution < -0.4 is 0 Å². The van der Waals surface area contributed by atoms with Gasteiger partial charge in [0.25, 0.3) is 0 Å². The van der Waals surface area contributed by atoms with Crippen molar-refractivity contribution in [2.24, 2.45) is 0 Å². The Morgan fingerprint density at radius 2 is 1.20 bits per heavy atom. The summed E-state index contributed by atoms with van der Waals surface area (Å²) < 4.78 is 25.7. The maximum Gasteiger partial charge on any atom is 0.130 e. The van der Waals surface area contributed by atoms with E-state index in [2.05, 4.69) is 15.9 Å². The molecular weight excluding hydrogens is 326 g/mol. The van der Waals surface area contributed by atoms with Gasteiger partial charge >= 0.3 is 0 Å². The normalized spacial score (nSPS) is 17.0. The van der Waals surface area contributed by atoms with Crippen LogP contribution in [0.4, 0.5) is 8.78 Å². The molecule has 4 heteroatoms. The zero-order chi connectivity index (χ0) is 14.4. The van der Waals surface area contributed by atoms with Crippen LogP contribution in [0.25, 0.3) is 0 Å². The zero-order valence-corrected chi connectivity index (χ0v) is 12.2. The van der Waals surface area contributed by atoms with E-state index in [9.17, 15) is 13.9 Å². The maximum absolute atomic E-state index is 13.1. The van der Waals surface area contributed by atoms with Crippen molar-refractivity contribution in [2.45, 2.75) is 22.8 Å². The van der Waals surface area contributed by atoms with Crippen molar-refractivity contribution < 1.29 is 13.9 Å². The molecule has 2 aromatic rings. The molecule has 0 heterocycles. The highest BCUT2D eigenvalue weighted by Gasteiger charge is 2.58. The van der Waals surface area contributed by atoms with Gasteiger partial charge in [-0.05, 0) is 48.2 Å². The minimum atomic E-state index is -1.30. The van der Waals surface area contributed by atoms with E-state index in [1.807, 2.05) is 0 Å². The van der Waals surface area contributed by atoms with Crippen LogP contribution in [-0.4, -0.2) is 9.43 Å². The molecule has 0 spiro atoms. The van der Waals surface area contributed by atoms with E-state index in [0.29, 0.717) is 11.1 Å². The second kappa shape index (κ2) is 4.64. The first-order chi connectivity index (χ1) is 9.46. The summed E-state index contributed by atoms with van der Waals surface area (Å²) in [5, 5.41) is 11.2. The van der Waals surface area contributed by atoms with Gasteiger partial charge in [-0.25, -0.2) is 8.78 Å². The standard InChI is InChI=1S/C16H13BrF2O/c17-15(9-10-15)16(20,11-1-5-13(18)6-2-11)12-3-7-14(19)8-4-12/h1-8,20H,9-10H2. The lowest BCUT2D eigenvalue weighted by molar-refractivity contribution is 0.0720. The summed E-state index contributed by atoms with van der Waals surface area (Å²) in [6.45, 7) is 0. The molecule has 20 heavy (non-hydrogen) atoms. The number of hydrogen-bond donors (Lipinski definition) is 1. The second-order valence-electron chi connectivity index (χ2n) is 5.19. The Bertz CT molecular complexity index is 572. The molecule has 0 amide bonds. The van der Waals surface area contributed by atoms with Crippen molar-refractivity contribution in [1.29, 1.82) is 0 Å². The molecule has 104 valence electrons.